The summed E-state index contributed by atoms with van der Waals surface area (Å²) < 4.78 is 2.79. The SMILES string of the molecule is Nc1cnc2c(Cc3ccc(Br)cc3)cnn2c1. The van der Waals surface area contributed by atoms with Gasteiger partial charge in [-0.2, -0.15) is 5.10 Å². The van der Waals surface area contributed by atoms with Gasteiger partial charge >= 0.3 is 0 Å². The highest BCUT2D eigenvalue weighted by Gasteiger charge is 2.06. The van der Waals surface area contributed by atoms with Crippen LogP contribution in [0.4, 0.5) is 5.69 Å². The van der Waals surface area contributed by atoms with E-state index in [0.29, 0.717) is 5.69 Å². The van der Waals surface area contributed by atoms with Crippen molar-refractivity contribution in [1.82, 2.24) is 14.6 Å². The molecule has 90 valence electrons. The first kappa shape index (κ1) is 11.2. The van der Waals surface area contributed by atoms with Crippen LogP contribution in [0.25, 0.3) is 5.65 Å². The molecule has 3 aromatic rings. The zero-order valence-electron chi connectivity index (χ0n) is 9.55. The first-order chi connectivity index (χ1) is 8.72. The highest BCUT2D eigenvalue weighted by molar-refractivity contribution is 9.10. The van der Waals surface area contributed by atoms with E-state index in [1.54, 1.807) is 16.9 Å². The number of anilines is 1. The fourth-order valence-electron chi connectivity index (χ4n) is 1.89. The van der Waals surface area contributed by atoms with Crippen LogP contribution in [0.15, 0.2) is 47.3 Å². The fraction of sp³-hybridized carbons (Fsp3) is 0.0769. The van der Waals surface area contributed by atoms with Crippen molar-refractivity contribution in [2.45, 2.75) is 6.42 Å². The van der Waals surface area contributed by atoms with Crippen LogP contribution in [0.1, 0.15) is 11.1 Å². The summed E-state index contributed by atoms with van der Waals surface area (Å²) in [7, 11) is 0. The maximum atomic E-state index is 5.67. The molecule has 0 fully saturated rings. The lowest BCUT2D eigenvalue weighted by Crippen LogP contribution is -1.95. The van der Waals surface area contributed by atoms with Gasteiger partial charge in [-0.05, 0) is 17.7 Å². The van der Waals surface area contributed by atoms with Gasteiger partial charge in [0, 0.05) is 16.5 Å². The molecule has 0 amide bonds. The van der Waals surface area contributed by atoms with Crippen LogP contribution in [0.5, 0.6) is 0 Å². The van der Waals surface area contributed by atoms with Crippen molar-refractivity contribution in [3.63, 3.8) is 0 Å². The summed E-state index contributed by atoms with van der Waals surface area (Å²) in [6.45, 7) is 0. The van der Waals surface area contributed by atoms with Gasteiger partial charge < -0.3 is 5.73 Å². The number of aromatic nitrogens is 3. The topological polar surface area (TPSA) is 56.2 Å². The Morgan fingerprint density at radius 3 is 2.72 bits per heavy atom. The van der Waals surface area contributed by atoms with E-state index >= 15 is 0 Å². The van der Waals surface area contributed by atoms with Crippen molar-refractivity contribution >= 4 is 27.3 Å². The van der Waals surface area contributed by atoms with E-state index < -0.39 is 0 Å². The molecule has 2 heterocycles. The van der Waals surface area contributed by atoms with Gasteiger partial charge in [-0.15, -0.1) is 0 Å². The summed E-state index contributed by atoms with van der Waals surface area (Å²) in [6.07, 6.45) is 6.08. The van der Waals surface area contributed by atoms with E-state index in [-0.39, 0.29) is 0 Å². The van der Waals surface area contributed by atoms with Crippen molar-refractivity contribution in [1.29, 1.82) is 0 Å². The molecule has 18 heavy (non-hydrogen) atoms. The molecule has 5 heteroatoms. The Morgan fingerprint density at radius 2 is 1.94 bits per heavy atom. The average molecular weight is 303 g/mol. The predicted octanol–water partition coefficient (Wildman–Crippen LogP) is 2.66. The number of rotatable bonds is 2. The lowest BCUT2D eigenvalue weighted by molar-refractivity contribution is 0.942. The summed E-state index contributed by atoms with van der Waals surface area (Å²) in [5.41, 5.74) is 9.46. The average Bonchev–Trinajstić information content (AvgIpc) is 2.74. The van der Waals surface area contributed by atoms with Gasteiger partial charge in [-0.3, -0.25) is 0 Å². The van der Waals surface area contributed by atoms with Crippen LogP contribution < -0.4 is 5.73 Å². The second-order valence-electron chi connectivity index (χ2n) is 4.13. The minimum absolute atomic E-state index is 0.612. The van der Waals surface area contributed by atoms with Crippen molar-refractivity contribution in [3.8, 4) is 0 Å². The van der Waals surface area contributed by atoms with Gasteiger partial charge in [-0.1, -0.05) is 28.1 Å². The van der Waals surface area contributed by atoms with E-state index in [9.17, 15) is 0 Å². The van der Waals surface area contributed by atoms with Crippen LogP contribution in [-0.2, 0) is 6.42 Å². The van der Waals surface area contributed by atoms with Gasteiger partial charge in [0.05, 0.1) is 24.3 Å². The van der Waals surface area contributed by atoms with Gasteiger partial charge in [0.15, 0.2) is 5.65 Å². The van der Waals surface area contributed by atoms with Crippen LogP contribution in [0.3, 0.4) is 0 Å². The first-order valence-electron chi connectivity index (χ1n) is 5.54. The molecule has 0 atom stereocenters. The molecule has 4 nitrogen and oxygen atoms in total. The van der Waals surface area contributed by atoms with E-state index in [4.69, 9.17) is 5.73 Å². The molecular weight excluding hydrogens is 292 g/mol. The lowest BCUT2D eigenvalue weighted by atomic mass is 10.1. The number of nitrogens with zero attached hydrogens (tertiary/aromatic N) is 3. The second kappa shape index (κ2) is 4.42. The summed E-state index contributed by atoms with van der Waals surface area (Å²) >= 11 is 3.43. The van der Waals surface area contributed by atoms with E-state index in [2.05, 4.69) is 38.1 Å². The number of hydrogen-bond acceptors (Lipinski definition) is 3. The second-order valence-corrected chi connectivity index (χ2v) is 5.04. The summed E-state index contributed by atoms with van der Waals surface area (Å²) in [5.74, 6) is 0. The van der Waals surface area contributed by atoms with Crippen molar-refractivity contribution in [2.24, 2.45) is 0 Å². The molecule has 0 aliphatic rings. The minimum atomic E-state index is 0.612. The molecule has 2 aromatic heterocycles. The lowest BCUT2D eigenvalue weighted by Gasteiger charge is -2.00. The molecular formula is C13H11BrN4. The smallest absolute Gasteiger partial charge is 0.158 e. The van der Waals surface area contributed by atoms with Gasteiger partial charge in [0.1, 0.15) is 0 Å². The summed E-state index contributed by atoms with van der Waals surface area (Å²) in [5, 5.41) is 4.26. The van der Waals surface area contributed by atoms with Crippen LogP contribution in [0.2, 0.25) is 0 Å². The number of hydrogen-bond donors (Lipinski definition) is 1. The third kappa shape index (κ3) is 2.09. The molecule has 0 aliphatic carbocycles. The number of nitrogens with two attached hydrogens (primary N) is 1. The van der Waals surface area contributed by atoms with Crippen LogP contribution in [-0.4, -0.2) is 14.6 Å². The Hall–Kier alpha value is -1.88. The van der Waals surface area contributed by atoms with Gasteiger partial charge in [-0.25, -0.2) is 9.50 Å². The number of benzene rings is 1. The number of halogens is 1. The van der Waals surface area contributed by atoms with E-state index in [1.165, 1.54) is 5.56 Å². The van der Waals surface area contributed by atoms with Crippen molar-refractivity contribution in [3.05, 3.63) is 58.5 Å². The van der Waals surface area contributed by atoms with E-state index in [0.717, 1.165) is 22.1 Å². The van der Waals surface area contributed by atoms with Crippen LogP contribution in [0, 0.1) is 0 Å². The number of nitrogen functional groups attached to an aromatic ring is 1. The molecule has 3 rings (SSSR count). The summed E-state index contributed by atoms with van der Waals surface area (Å²) in [4.78, 5) is 4.32. The first-order valence-corrected chi connectivity index (χ1v) is 6.34. The maximum Gasteiger partial charge on any atom is 0.158 e. The molecule has 0 unspecified atom stereocenters. The standard InChI is InChI=1S/C13H11BrN4/c14-11-3-1-9(2-4-11)5-10-6-17-18-8-12(15)7-16-13(10)18/h1-4,6-8H,5,15H2. The maximum absolute atomic E-state index is 5.67. The molecule has 2 N–H and O–H groups in total. The van der Waals surface area contributed by atoms with Crippen molar-refractivity contribution < 1.29 is 0 Å². The molecule has 0 aliphatic heterocycles. The van der Waals surface area contributed by atoms with Crippen LogP contribution >= 0.6 is 15.9 Å². The Kier molecular flexibility index (Phi) is 2.76. The molecule has 0 bridgehead atoms. The Balaban J connectivity index is 1.97. The summed E-state index contributed by atoms with van der Waals surface area (Å²) in [6, 6.07) is 8.24. The third-order valence-corrected chi connectivity index (χ3v) is 3.29. The highest BCUT2D eigenvalue weighted by atomic mass is 79.9. The zero-order chi connectivity index (χ0) is 12.5. The van der Waals surface area contributed by atoms with Gasteiger partial charge in [0.2, 0.25) is 0 Å². The fourth-order valence-corrected chi connectivity index (χ4v) is 2.15. The molecule has 0 spiro atoms. The van der Waals surface area contributed by atoms with Crippen molar-refractivity contribution in [2.75, 3.05) is 5.73 Å². The predicted molar refractivity (Wildman–Crippen MR) is 74.3 cm³/mol. The molecule has 0 radical (unpaired) electrons. The third-order valence-electron chi connectivity index (χ3n) is 2.76. The molecule has 1 aromatic carbocycles. The Bertz CT molecular complexity index is 688. The highest BCUT2D eigenvalue weighted by Crippen LogP contribution is 2.17. The largest absolute Gasteiger partial charge is 0.396 e. The monoisotopic (exact) mass is 302 g/mol. The molecule has 0 saturated carbocycles. The normalized spacial score (nSPS) is 10.9. The zero-order valence-corrected chi connectivity index (χ0v) is 11.1. The van der Waals surface area contributed by atoms with E-state index in [1.807, 2.05) is 18.3 Å². The minimum Gasteiger partial charge on any atom is -0.396 e. The number of fused-ring (bicyclic) bond motifs is 1. The van der Waals surface area contributed by atoms with Gasteiger partial charge in [0.25, 0.3) is 0 Å². The Labute approximate surface area is 113 Å². The molecule has 0 saturated heterocycles. The quantitative estimate of drug-likeness (QED) is 0.792. The Morgan fingerprint density at radius 1 is 1.17 bits per heavy atom.